The van der Waals surface area contributed by atoms with Gasteiger partial charge in [-0.1, -0.05) is 40.0 Å². The summed E-state index contributed by atoms with van der Waals surface area (Å²) in [5, 5.41) is 0. The molecule has 0 aromatic carbocycles. The van der Waals surface area contributed by atoms with Gasteiger partial charge in [0.1, 0.15) is 0 Å². The van der Waals surface area contributed by atoms with E-state index in [0.717, 1.165) is 18.9 Å². The van der Waals surface area contributed by atoms with Gasteiger partial charge in [-0.25, -0.2) is 0 Å². The zero-order valence-electron chi connectivity index (χ0n) is 9.81. The Kier molecular flexibility index (Phi) is 8.53. The summed E-state index contributed by atoms with van der Waals surface area (Å²) in [4.78, 5) is 0. The summed E-state index contributed by atoms with van der Waals surface area (Å²) in [5.41, 5.74) is 0. The lowest BCUT2D eigenvalue weighted by atomic mass is 9.98. The highest BCUT2D eigenvalue weighted by molar-refractivity contribution is 4.61. The van der Waals surface area contributed by atoms with E-state index in [-0.39, 0.29) is 0 Å². The van der Waals surface area contributed by atoms with Crippen LogP contribution < -0.4 is 0 Å². The Balaban J connectivity index is 3.38. The second-order valence-corrected chi connectivity index (χ2v) is 4.05. The molecule has 0 saturated heterocycles. The average Bonchev–Trinajstić information content (AvgIpc) is 2.14. The number of ether oxygens (including phenoxy) is 1. The van der Waals surface area contributed by atoms with Crippen molar-refractivity contribution in [3.63, 3.8) is 0 Å². The van der Waals surface area contributed by atoms with Crippen LogP contribution in [0.3, 0.4) is 0 Å². The first-order valence-electron chi connectivity index (χ1n) is 5.83. The Morgan fingerprint density at radius 2 is 1.69 bits per heavy atom. The molecule has 0 aromatic rings. The average molecular weight is 186 g/mol. The molecule has 0 aliphatic rings. The summed E-state index contributed by atoms with van der Waals surface area (Å²) >= 11 is 0. The van der Waals surface area contributed by atoms with Gasteiger partial charge >= 0.3 is 0 Å². The molecular formula is C12H26O. The maximum Gasteiger partial charge on any atom is 0.0572 e. The molecule has 0 saturated carbocycles. The van der Waals surface area contributed by atoms with E-state index < -0.39 is 0 Å². The highest BCUT2D eigenvalue weighted by Gasteiger charge is 2.11. The predicted octanol–water partition coefficient (Wildman–Crippen LogP) is 4.02. The van der Waals surface area contributed by atoms with E-state index in [2.05, 4.69) is 27.7 Å². The fraction of sp³-hybridized carbons (Fsp3) is 1.00. The molecule has 0 N–H and O–H groups in total. The number of hydrogen-bond acceptors (Lipinski definition) is 1. The van der Waals surface area contributed by atoms with Crippen LogP contribution in [0.5, 0.6) is 0 Å². The van der Waals surface area contributed by atoms with Gasteiger partial charge in [0.2, 0.25) is 0 Å². The van der Waals surface area contributed by atoms with E-state index in [1.54, 1.807) is 0 Å². The normalized spacial score (nSPS) is 15.7. The molecule has 0 fully saturated rings. The molecule has 0 aromatic heterocycles. The second-order valence-electron chi connectivity index (χ2n) is 4.05. The molecule has 80 valence electrons. The molecule has 0 radical (unpaired) electrons. The summed E-state index contributed by atoms with van der Waals surface area (Å²) < 4.78 is 5.68. The van der Waals surface area contributed by atoms with Crippen molar-refractivity contribution in [2.24, 2.45) is 5.92 Å². The van der Waals surface area contributed by atoms with Gasteiger partial charge in [0.15, 0.2) is 0 Å². The third-order valence-electron chi connectivity index (χ3n) is 2.65. The van der Waals surface area contributed by atoms with Crippen molar-refractivity contribution in [1.82, 2.24) is 0 Å². The molecule has 1 heteroatoms. The smallest absolute Gasteiger partial charge is 0.0572 e. The van der Waals surface area contributed by atoms with Gasteiger partial charge in [-0.05, 0) is 25.7 Å². The minimum Gasteiger partial charge on any atom is -0.378 e. The number of unbranched alkanes of at least 4 members (excludes halogenated alkanes) is 2. The van der Waals surface area contributed by atoms with E-state index in [1.807, 2.05) is 0 Å². The Morgan fingerprint density at radius 3 is 2.23 bits per heavy atom. The van der Waals surface area contributed by atoms with Gasteiger partial charge in [0.25, 0.3) is 0 Å². The predicted molar refractivity (Wildman–Crippen MR) is 59.0 cm³/mol. The van der Waals surface area contributed by atoms with Crippen LogP contribution in [-0.4, -0.2) is 12.7 Å². The number of rotatable bonds is 8. The standard InChI is InChI=1S/C12H26O/c1-5-7-8-9-11(3)12(4)13-10-6-2/h11-12H,5-10H2,1-4H3. The lowest BCUT2D eigenvalue weighted by Gasteiger charge is -2.20. The summed E-state index contributed by atoms with van der Waals surface area (Å²) in [6.45, 7) is 9.83. The van der Waals surface area contributed by atoms with Crippen molar-refractivity contribution in [2.45, 2.75) is 65.9 Å². The molecule has 0 bridgehead atoms. The lowest BCUT2D eigenvalue weighted by molar-refractivity contribution is 0.0274. The summed E-state index contributed by atoms with van der Waals surface area (Å²) in [6.07, 6.45) is 6.93. The summed E-state index contributed by atoms with van der Waals surface area (Å²) in [5.74, 6) is 0.720. The van der Waals surface area contributed by atoms with Crippen LogP contribution in [0.4, 0.5) is 0 Å². The first-order valence-corrected chi connectivity index (χ1v) is 5.83. The van der Waals surface area contributed by atoms with Crippen molar-refractivity contribution >= 4 is 0 Å². The van der Waals surface area contributed by atoms with Crippen molar-refractivity contribution in [3.8, 4) is 0 Å². The molecule has 0 aliphatic carbocycles. The van der Waals surface area contributed by atoms with Gasteiger partial charge in [-0.15, -0.1) is 0 Å². The van der Waals surface area contributed by atoms with Crippen LogP contribution in [0, 0.1) is 5.92 Å². The highest BCUT2D eigenvalue weighted by Crippen LogP contribution is 2.15. The molecule has 2 unspecified atom stereocenters. The fourth-order valence-electron chi connectivity index (χ4n) is 1.42. The van der Waals surface area contributed by atoms with Crippen molar-refractivity contribution in [1.29, 1.82) is 0 Å². The van der Waals surface area contributed by atoms with Crippen LogP contribution in [0.15, 0.2) is 0 Å². The zero-order valence-corrected chi connectivity index (χ0v) is 9.81. The van der Waals surface area contributed by atoms with Crippen LogP contribution in [0.25, 0.3) is 0 Å². The second kappa shape index (κ2) is 8.55. The van der Waals surface area contributed by atoms with Crippen molar-refractivity contribution in [3.05, 3.63) is 0 Å². The SMILES string of the molecule is CCCCCC(C)C(C)OCCC. The van der Waals surface area contributed by atoms with E-state index in [9.17, 15) is 0 Å². The fourth-order valence-corrected chi connectivity index (χ4v) is 1.42. The Hall–Kier alpha value is -0.0400. The van der Waals surface area contributed by atoms with Gasteiger partial charge in [-0.3, -0.25) is 0 Å². The highest BCUT2D eigenvalue weighted by atomic mass is 16.5. The Labute approximate surface area is 83.9 Å². The van der Waals surface area contributed by atoms with E-state index >= 15 is 0 Å². The van der Waals surface area contributed by atoms with Gasteiger partial charge < -0.3 is 4.74 Å². The van der Waals surface area contributed by atoms with Crippen LogP contribution in [0.1, 0.15) is 59.8 Å². The third kappa shape index (κ3) is 7.06. The Morgan fingerprint density at radius 1 is 1.00 bits per heavy atom. The van der Waals surface area contributed by atoms with Crippen LogP contribution in [-0.2, 0) is 4.74 Å². The molecule has 0 aliphatic heterocycles. The Bertz CT molecular complexity index is 101. The maximum absolute atomic E-state index is 5.68. The minimum atomic E-state index is 0.441. The quantitative estimate of drug-likeness (QED) is 0.520. The molecule has 0 amide bonds. The first kappa shape index (κ1) is 13.0. The number of hydrogen-bond donors (Lipinski definition) is 0. The van der Waals surface area contributed by atoms with Crippen molar-refractivity contribution in [2.75, 3.05) is 6.61 Å². The zero-order chi connectivity index (χ0) is 10.1. The molecule has 0 heterocycles. The van der Waals surface area contributed by atoms with Gasteiger partial charge in [0, 0.05) is 6.61 Å². The summed E-state index contributed by atoms with van der Waals surface area (Å²) in [7, 11) is 0. The molecular weight excluding hydrogens is 160 g/mol. The summed E-state index contributed by atoms with van der Waals surface area (Å²) in [6, 6.07) is 0. The molecule has 13 heavy (non-hydrogen) atoms. The van der Waals surface area contributed by atoms with Gasteiger partial charge in [-0.2, -0.15) is 0 Å². The van der Waals surface area contributed by atoms with Crippen LogP contribution in [0.2, 0.25) is 0 Å². The van der Waals surface area contributed by atoms with E-state index in [1.165, 1.54) is 25.7 Å². The topological polar surface area (TPSA) is 9.23 Å². The largest absolute Gasteiger partial charge is 0.378 e. The molecule has 2 atom stereocenters. The van der Waals surface area contributed by atoms with Crippen LogP contribution >= 0.6 is 0 Å². The third-order valence-corrected chi connectivity index (χ3v) is 2.65. The molecule has 1 nitrogen and oxygen atoms in total. The minimum absolute atomic E-state index is 0.441. The monoisotopic (exact) mass is 186 g/mol. The van der Waals surface area contributed by atoms with E-state index in [0.29, 0.717) is 6.10 Å². The molecule has 0 rings (SSSR count). The van der Waals surface area contributed by atoms with Gasteiger partial charge in [0.05, 0.1) is 6.10 Å². The van der Waals surface area contributed by atoms with E-state index in [4.69, 9.17) is 4.74 Å². The van der Waals surface area contributed by atoms with Crippen molar-refractivity contribution < 1.29 is 4.74 Å². The first-order chi connectivity index (χ1) is 6.22. The maximum atomic E-state index is 5.68. The lowest BCUT2D eigenvalue weighted by Crippen LogP contribution is -2.18. The molecule has 0 spiro atoms.